The molecule has 0 atom stereocenters. The maximum absolute atomic E-state index is 13.1. The van der Waals surface area contributed by atoms with Crippen LogP contribution in [0.1, 0.15) is 35.8 Å². The number of ether oxygens (including phenoxy) is 2. The second kappa shape index (κ2) is 9.19. The Morgan fingerprint density at radius 3 is 2.69 bits per heavy atom. The number of aromatic nitrogens is 4. The van der Waals surface area contributed by atoms with E-state index in [0.717, 1.165) is 11.3 Å². The first kappa shape index (κ1) is 21.5. The molecule has 0 spiro atoms. The lowest BCUT2D eigenvalue weighted by Gasteiger charge is -2.11. The van der Waals surface area contributed by atoms with E-state index >= 15 is 0 Å². The summed E-state index contributed by atoms with van der Waals surface area (Å²) in [5.74, 6) is 1.83. The van der Waals surface area contributed by atoms with Crippen molar-refractivity contribution in [3.05, 3.63) is 65.4 Å². The Balaban J connectivity index is 1.62. The van der Waals surface area contributed by atoms with E-state index in [2.05, 4.69) is 20.4 Å². The number of anilines is 1. The summed E-state index contributed by atoms with van der Waals surface area (Å²) < 4.78 is 12.5. The molecule has 0 radical (unpaired) electrons. The fraction of sp³-hybridized carbons (Fsp3) is 0.217. The number of pyridine rings is 1. The lowest BCUT2D eigenvalue weighted by molar-refractivity contribution is 0.102. The molecule has 32 heavy (non-hydrogen) atoms. The summed E-state index contributed by atoms with van der Waals surface area (Å²) in [6, 6.07) is 11.1. The fourth-order valence-electron chi connectivity index (χ4n) is 3.38. The van der Waals surface area contributed by atoms with Crippen molar-refractivity contribution in [1.82, 2.24) is 19.7 Å². The molecule has 3 heterocycles. The molecule has 0 aliphatic carbocycles. The van der Waals surface area contributed by atoms with Gasteiger partial charge in [0.2, 0.25) is 0 Å². The van der Waals surface area contributed by atoms with Crippen molar-refractivity contribution < 1.29 is 14.3 Å². The van der Waals surface area contributed by atoms with Gasteiger partial charge in [-0.1, -0.05) is 19.9 Å². The van der Waals surface area contributed by atoms with E-state index in [0.29, 0.717) is 33.7 Å². The summed E-state index contributed by atoms with van der Waals surface area (Å²) in [6.07, 6.45) is 3.27. The summed E-state index contributed by atoms with van der Waals surface area (Å²) in [6.45, 7) is 4.04. The van der Waals surface area contributed by atoms with E-state index in [9.17, 15) is 4.79 Å². The highest BCUT2D eigenvalue weighted by Crippen LogP contribution is 2.35. The van der Waals surface area contributed by atoms with Gasteiger partial charge in [-0.15, -0.1) is 11.3 Å². The van der Waals surface area contributed by atoms with Crippen LogP contribution >= 0.6 is 11.3 Å². The Kier molecular flexibility index (Phi) is 6.18. The van der Waals surface area contributed by atoms with E-state index < -0.39 is 0 Å². The summed E-state index contributed by atoms with van der Waals surface area (Å²) >= 11 is 1.34. The van der Waals surface area contributed by atoms with Crippen LogP contribution in [0.2, 0.25) is 0 Å². The van der Waals surface area contributed by atoms with Gasteiger partial charge < -0.3 is 9.47 Å². The van der Waals surface area contributed by atoms with Gasteiger partial charge in [0.15, 0.2) is 10.9 Å². The molecule has 3 aromatic heterocycles. The zero-order valence-electron chi connectivity index (χ0n) is 18.2. The summed E-state index contributed by atoms with van der Waals surface area (Å²) in [5.41, 5.74) is 2.75. The zero-order valence-corrected chi connectivity index (χ0v) is 19.0. The van der Waals surface area contributed by atoms with Crippen LogP contribution in [-0.2, 0) is 0 Å². The van der Waals surface area contributed by atoms with Crippen LogP contribution in [0, 0.1) is 0 Å². The molecule has 0 saturated carbocycles. The van der Waals surface area contributed by atoms with Crippen LogP contribution in [0.15, 0.2) is 54.2 Å². The third-order valence-electron chi connectivity index (χ3n) is 4.87. The number of carbonyl (C=O) groups excluding carboxylic acids is 1. The molecule has 9 heteroatoms. The highest BCUT2D eigenvalue weighted by molar-refractivity contribution is 7.14. The van der Waals surface area contributed by atoms with Gasteiger partial charge >= 0.3 is 0 Å². The topological polar surface area (TPSA) is 91.2 Å². The number of benzene rings is 1. The first-order valence-corrected chi connectivity index (χ1v) is 10.9. The number of carbonyl (C=O) groups is 1. The molecule has 0 bridgehead atoms. The molecule has 164 valence electrons. The first-order valence-electron chi connectivity index (χ1n) is 10.0. The highest BCUT2D eigenvalue weighted by atomic mass is 32.1. The summed E-state index contributed by atoms with van der Waals surface area (Å²) in [5, 5.41) is 9.66. The molecule has 0 unspecified atom stereocenters. The summed E-state index contributed by atoms with van der Waals surface area (Å²) in [7, 11) is 3.21. The molecule has 1 N–H and O–H groups in total. The zero-order chi connectivity index (χ0) is 22.7. The minimum atomic E-state index is -0.269. The van der Waals surface area contributed by atoms with Crippen molar-refractivity contribution >= 4 is 22.4 Å². The van der Waals surface area contributed by atoms with Gasteiger partial charge in [0.05, 0.1) is 37.4 Å². The van der Waals surface area contributed by atoms with Crippen molar-refractivity contribution in [3.8, 4) is 28.6 Å². The number of rotatable bonds is 7. The second-order valence-corrected chi connectivity index (χ2v) is 8.11. The van der Waals surface area contributed by atoms with Gasteiger partial charge in [-0.05, 0) is 36.2 Å². The van der Waals surface area contributed by atoms with E-state index in [1.165, 1.54) is 11.3 Å². The van der Waals surface area contributed by atoms with Crippen LogP contribution in [0.5, 0.6) is 11.5 Å². The predicted molar refractivity (Wildman–Crippen MR) is 124 cm³/mol. The third kappa shape index (κ3) is 4.19. The molecule has 0 saturated heterocycles. The fourth-order valence-corrected chi connectivity index (χ4v) is 4.09. The van der Waals surface area contributed by atoms with Crippen LogP contribution in [-0.4, -0.2) is 39.9 Å². The molecule has 8 nitrogen and oxygen atoms in total. The number of hydrogen-bond donors (Lipinski definition) is 1. The maximum Gasteiger partial charge on any atom is 0.260 e. The van der Waals surface area contributed by atoms with Gasteiger partial charge in [-0.2, -0.15) is 5.10 Å². The number of nitrogens with zero attached hydrogens (tertiary/aromatic N) is 4. The molecule has 4 rings (SSSR count). The van der Waals surface area contributed by atoms with Crippen molar-refractivity contribution in [1.29, 1.82) is 0 Å². The number of hydrogen-bond acceptors (Lipinski definition) is 7. The smallest absolute Gasteiger partial charge is 0.260 e. The largest absolute Gasteiger partial charge is 0.497 e. The van der Waals surface area contributed by atoms with Crippen molar-refractivity contribution in [2.45, 2.75) is 19.8 Å². The SMILES string of the molecule is COc1ccc(OC)c(-c2csc(NC(=O)c3cnn(-c4ccccn4)c3C(C)C)n2)c1. The van der Waals surface area contributed by atoms with E-state index in [1.807, 2.05) is 55.6 Å². The highest BCUT2D eigenvalue weighted by Gasteiger charge is 2.22. The molecular weight excluding hydrogens is 426 g/mol. The van der Waals surface area contributed by atoms with Crippen LogP contribution < -0.4 is 14.8 Å². The molecule has 1 amide bonds. The Morgan fingerprint density at radius 2 is 2.00 bits per heavy atom. The van der Waals surface area contributed by atoms with Crippen molar-refractivity contribution in [2.24, 2.45) is 0 Å². The second-order valence-electron chi connectivity index (χ2n) is 7.26. The lowest BCUT2D eigenvalue weighted by atomic mass is 10.1. The average molecular weight is 450 g/mol. The van der Waals surface area contributed by atoms with Gasteiger partial charge in [0, 0.05) is 17.1 Å². The standard InChI is InChI=1S/C23H23N5O3S/c1-14(2)21-17(12-25-28(21)20-7-5-6-10-24-20)22(29)27-23-26-18(13-32-23)16-11-15(30-3)8-9-19(16)31-4/h5-14H,1-4H3,(H,26,27,29). The minimum absolute atomic E-state index is 0.0631. The molecule has 0 aliphatic heterocycles. The molecule has 1 aromatic carbocycles. The first-order chi connectivity index (χ1) is 15.5. The summed E-state index contributed by atoms with van der Waals surface area (Å²) in [4.78, 5) is 22.0. The predicted octanol–water partition coefficient (Wildman–Crippen LogP) is 4.78. The Bertz CT molecular complexity index is 1230. The molecule has 0 aliphatic rings. The quantitative estimate of drug-likeness (QED) is 0.436. The normalized spacial score (nSPS) is 10.9. The Morgan fingerprint density at radius 1 is 1.16 bits per heavy atom. The van der Waals surface area contributed by atoms with Gasteiger partial charge in [-0.25, -0.2) is 14.6 Å². The Labute approximate surface area is 189 Å². The molecule has 0 fully saturated rings. The van der Waals surface area contributed by atoms with Gasteiger partial charge in [0.25, 0.3) is 5.91 Å². The maximum atomic E-state index is 13.1. The van der Waals surface area contributed by atoms with E-state index in [4.69, 9.17) is 9.47 Å². The van der Waals surface area contributed by atoms with Crippen LogP contribution in [0.25, 0.3) is 17.1 Å². The number of nitrogens with one attached hydrogen (secondary N) is 1. The number of amides is 1. The van der Waals surface area contributed by atoms with Gasteiger partial charge in [-0.3, -0.25) is 10.1 Å². The monoisotopic (exact) mass is 449 g/mol. The van der Waals surface area contributed by atoms with Gasteiger partial charge in [0.1, 0.15) is 11.5 Å². The number of thiazole rings is 1. The number of methoxy groups -OCH3 is 2. The lowest BCUT2D eigenvalue weighted by Crippen LogP contribution is -2.15. The van der Waals surface area contributed by atoms with Crippen molar-refractivity contribution in [2.75, 3.05) is 19.5 Å². The van der Waals surface area contributed by atoms with Crippen LogP contribution in [0.3, 0.4) is 0 Å². The molecule has 4 aromatic rings. The Hall–Kier alpha value is -3.72. The van der Waals surface area contributed by atoms with E-state index in [1.54, 1.807) is 31.3 Å². The third-order valence-corrected chi connectivity index (χ3v) is 5.63. The average Bonchev–Trinajstić information content (AvgIpc) is 3.46. The van der Waals surface area contributed by atoms with Crippen molar-refractivity contribution in [3.63, 3.8) is 0 Å². The van der Waals surface area contributed by atoms with Crippen LogP contribution in [0.4, 0.5) is 5.13 Å². The minimum Gasteiger partial charge on any atom is -0.497 e. The van der Waals surface area contributed by atoms with E-state index in [-0.39, 0.29) is 11.8 Å². The molecular formula is C23H23N5O3S.